The maximum atomic E-state index is 10.9. The average Bonchev–Trinajstić information content (AvgIpc) is 3.44. The second kappa shape index (κ2) is 13.5. The normalized spacial score (nSPS) is 18.6. The Kier molecular flexibility index (Phi) is 8.88. The number of nitrogens with zero attached hydrogens (tertiary/aromatic N) is 3. The van der Waals surface area contributed by atoms with E-state index in [0.29, 0.717) is 35.7 Å². The number of phenols is 1. The molecular weight excluding hydrogens is 578 g/mol. The van der Waals surface area contributed by atoms with Crippen molar-refractivity contribution >= 4 is 5.57 Å². The molecule has 238 valence electrons. The molecule has 0 saturated carbocycles. The van der Waals surface area contributed by atoms with E-state index < -0.39 is 5.41 Å². The number of fused-ring (bicyclic) bond motifs is 2. The summed E-state index contributed by atoms with van der Waals surface area (Å²) in [7, 11) is 0. The summed E-state index contributed by atoms with van der Waals surface area (Å²) in [6.45, 7) is 4.98. The molecule has 0 radical (unpaired) electrons. The zero-order valence-electron chi connectivity index (χ0n) is 27.4. The summed E-state index contributed by atoms with van der Waals surface area (Å²) in [6, 6.07) is 29.4. The molecule has 1 aromatic heterocycles. The van der Waals surface area contributed by atoms with Crippen molar-refractivity contribution in [3.8, 4) is 23.1 Å². The van der Waals surface area contributed by atoms with E-state index in [0.717, 1.165) is 44.1 Å². The quantitative estimate of drug-likeness (QED) is 0.181. The number of unbranched alkanes of at least 4 members (excludes halogenated alkanes) is 1. The minimum absolute atomic E-state index is 0.130. The van der Waals surface area contributed by atoms with Crippen molar-refractivity contribution < 1.29 is 9.84 Å². The molecule has 0 amide bonds. The van der Waals surface area contributed by atoms with Gasteiger partial charge in [-0.3, -0.25) is 0 Å². The first-order valence-electron chi connectivity index (χ1n) is 17.2. The summed E-state index contributed by atoms with van der Waals surface area (Å²) in [5.41, 5.74) is 7.72. The number of benzene rings is 3. The van der Waals surface area contributed by atoms with E-state index in [1.54, 1.807) is 6.07 Å². The summed E-state index contributed by atoms with van der Waals surface area (Å²) < 4.78 is 6.40. The third kappa shape index (κ3) is 5.62. The number of rotatable bonds is 11. The maximum Gasteiger partial charge on any atom is 0.320 e. The predicted molar refractivity (Wildman–Crippen MR) is 189 cm³/mol. The Hall–Kier alpha value is -4.77. The van der Waals surface area contributed by atoms with Crippen LogP contribution in [-0.2, 0) is 5.41 Å². The second-order valence-electron chi connectivity index (χ2n) is 12.9. The molecule has 0 fully saturated rings. The fraction of sp³-hybridized carbons (Fsp3) is 0.310. The largest absolute Gasteiger partial charge is 0.507 e. The van der Waals surface area contributed by atoms with Crippen LogP contribution in [0.2, 0.25) is 0 Å². The summed E-state index contributed by atoms with van der Waals surface area (Å²) in [5.74, 6) is 1.76. The van der Waals surface area contributed by atoms with E-state index in [-0.39, 0.29) is 11.7 Å². The van der Waals surface area contributed by atoms with Crippen molar-refractivity contribution in [1.29, 1.82) is 0 Å². The van der Waals surface area contributed by atoms with Crippen LogP contribution in [0, 0.1) is 11.8 Å². The van der Waals surface area contributed by atoms with Crippen LogP contribution >= 0.6 is 0 Å². The van der Waals surface area contributed by atoms with Gasteiger partial charge in [-0.2, -0.15) is 9.97 Å². The Morgan fingerprint density at radius 3 is 2.23 bits per heavy atom. The van der Waals surface area contributed by atoms with Gasteiger partial charge in [0.15, 0.2) is 11.6 Å². The van der Waals surface area contributed by atoms with Crippen LogP contribution < -0.4 is 4.74 Å². The molecule has 47 heavy (non-hydrogen) atoms. The van der Waals surface area contributed by atoms with Gasteiger partial charge in [-0.1, -0.05) is 136 Å². The topological polar surface area (TPSA) is 68.1 Å². The van der Waals surface area contributed by atoms with E-state index in [1.165, 1.54) is 34.3 Å². The molecule has 1 N–H and O–H groups in total. The van der Waals surface area contributed by atoms with Crippen molar-refractivity contribution in [3.05, 3.63) is 143 Å². The van der Waals surface area contributed by atoms with Gasteiger partial charge in [-0.05, 0) is 66.0 Å². The van der Waals surface area contributed by atoms with E-state index in [9.17, 15) is 5.11 Å². The molecule has 3 aliphatic rings. The SMILES string of the molecule is CCCCC(CC)COc1nc(C2=C3C(CC=C2)C2=C(C=CCC2)C3(c2ccccc2)c2ccccc2)nc(-c2ccccc2O)n1. The Balaban J connectivity index is 1.47. The lowest BCUT2D eigenvalue weighted by Gasteiger charge is -2.38. The smallest absolute Gasteiger partial charge is 0.320 e. The lowest BCUT2D eigenvalue weighted by molar-refractivity contribution is 0.217. The Bertz CT molecular complexity index is 1820. The molecule has 0 spiro atoms. The van der Waals surface area contributed by atoms with Crippen LogP contribution in [0.3, 0.4) is 0 Å². The lowest BCUT2D eigenvalue weighted by Crippen LogP contribution is -2.32. The summed E-state index contributed by atoms with van der Waals surface area (Å²) in [6.07, 6.45) is 16.7. The molecular formula is C42H43N3O2. The number of aromatic hydroxyl groups is 1. The molecule has 5 heteroatoms. The Labute approximate surface area is 278 Å². The highest BCUT2D eigenvalue weighted by Gasteiger charge is 2.53. The van der Waals surface area contributed by atoms with Gasteiger partial charge in [-0.25, -0.2) is 4.98 Å². The highest BCUT2D eigenvalue weighted by molar-refractivity contribution is 5.85. The van der Waals surface area contributed by atoms with Crippen molar-refractivity contribution in [2.75, 3.05) is 6.61 Å². The van der Waals surface area contributed by atoms with Crippen LogP contribution in [0.5, 0.6) is 11.8 Å². The first kappa shape index (κ1) is 30.9. The Morgan fingerprint density at radius 2 is 1.53 bits per heavy atom. The molecule has 4 aromatic rings. The molecule has 3 aromatic carbocycles. The number of hydrogen-bond acceptors (Lipinski definition) is 5. The fourth-order valence-corrected chi connectivity index (χ4v) is 7.83. The fourth-order valence-electron chi connectivity index (χ4n) is 7.83. The summed E-state index contributed by atoms with van der Waals surface area (Å²) in [5, 5.41) is 10.9. The summed E-state index contributed by atoms with van der Waals surface area (Å²) >= 11 is 0. The third-order valence-corrected chi connectivity index (χ3v) is 10.1. The van der Waals surface area contributed by atoms with Crippen molar-refractivity contribution in [3.63, 3.8) is 0 Å². The number of para-hydroxylation sites is 1. The monoisotopic (exact) mass is 621 g/mol. The minimum Gasteiger partial charge on any atom is -0.507 e. The third-order valence-electron chi connectivity index (χ3n) is 10.1. The van der Waals surface area contributed by atoms with Crippen molar-refractivity contribution in [2.45, 2.75) is 64.2 Å². The van der Waals surface area contributed by atoms with Crippen LogP contribution in [0.25, 0.3) is 17.0 Å². The van der Waals surface area contributed by atoms with Crippen molar-refractivity contribution in [2.24, 2.45) is 11.8 Å². The molecule has 5 nitrogen and oxygen atoms in total. The van der Waals surface area contributed by atoms with Crippen LogP contribution in [0.4, 0.5) is 0 Å². The van der Waals surface area contributed by atoms with Gasteiger partial charge in [-0.15, -0.1) is 0 Å². The zero-order chi connectivity index (χ0) is 32.2. The first-order valence-corrected chi connectivity index (χ1v) is 17.2. The van der Waals surface area contributed by atoms with E-state index in [4.69, 9.17) is 19.7 Å². The van der Waals surface area contributed by atoms with Gasteiger partial charge >= 0.3 is 6.01 Å². The standard InChI is InChI=1S/C42H43N3O2/c1-3-5-17-29(4-2)28-47-41-44-39(34-23-13-15-27-37(34)46)43-40(45-41)35-25-16-24-33-32-22-12-14-26-36(32)42(38(33)35,30-18-8-6-9-19-30)31-20-10-7-11-21-31/h6-11,13-16,18-21,23,25-27,29,33,46H,3-5,12,17,22,24,28H2,1-2H3. The number of ether oxygens (including phenoxy) is 1. The molecule has 3 aliphatic carbocycles. The number of phenolic OH excluding ortho intramolecular Hbond substituents is 1. The Morgan fingerprint density at radius 1 is 0.830 bits per heavy atom. The number of aromatic nitrogens is 3. The molecule has 0 aliphatic heterocycles. The predicted octanol–water partition coefficient (Wildman–Crippen LogP) is 9.82. The van der Waals surface area contributed by atoms with Gasteiger partial charge in [0, 0.05) is 11.5 Å². The molecule has 0 saturated heterocycles. The van der Waals surface area contributed by atoms with Gasteiger partial charge in [0.2, 0.25) is 0 Å². The van der Waals surface area contributed by atoms with Crippen LogP contribution in [0.1, 0.15) is 75.7 Å². The van der Waals surface area contributed by atoms with Gasteiger partial charge in [0.1, 0.15) is 5.75 Å². The molecule has 2 unspecified atom stereocenters. The van der Waals surface area contributed by atoms with Crippen LogP contribution in [0.15, 0.2) is 126 Å². The lowest BCUT2D eigenvalue weighted by atomic mass is 9.63. The second-order valence-corrected chi connectivity index (χ2v) is 12.9. The minimum atomic E-state index is -0.504. The maximum absolute atomic E-state index is 10.9. The molecule has 0 bridgehead atoms. The highest BCUT2D eigenvalue weighted by atomic mass is 16.5. The molecule has 2 atom stereocenters. The highest BCUT2D eigenvalue weighted by Crippen LogP contribution is 2.62. The van der Waals surface area contributed by atoms with Crippen molar-refractivity contribution in [1.82, 2.24) is 15.0 Å². The van der Waals surface area contributed by atoms with Gasteiger partial charge in [0.05, 0.1) is 17.6 Å². The molecule has 1 heterocycles. The number of allylic oxidation sites excluding steroid dienone is 8. The van der Waals surface area contributed by atoms with E-state index in [1.807, 2.05) is 18.2 Å². The van der Waals surface area contributed by atoms with Crippen LogP contribution in [-0.4, -0.2) is 26.7 Å². The summed E-state index contributed by atoms with van der Waals surface area (Å²) in [4.78, 5) is 14.9. The van der Waals surface area contributed by atoms with E-state index in [2.05, 4.69) is 98.8 Å². The first-order chi connectivity index (χ1) is 23.1. The zero-order valence-corrected chi connectivity index (χ0v) is 27.4. The van der Waals surface area contributed by atoms with E-state index >= 15 is 0 Å². The average molecular weight is 622 g/mol. The van der Waals surface area contributed by atoms with Gasteiger partial charge in [0.25, 0.3) is 0 Å². The number of hydrogen-bond donors (Lipinski definition) is 1. The van der Waals surface area contributed by atoms with Gasteiger partial charge < -0.3 is 9.84 Å². The molecule has 7 rings (SSSR count).